The third-order valence-corrected chi connectivity index (χ3v) is 4.75. The molecule has 1 aliphatic carbocycles. The Labute approximate surface area is 136 Å². The minimum Gasteiger partial charge on any atom is -0.493 e. The highest BCUT2D eigenvalue weighted by Gasteiger charge is 2.43. The van der Waals surface area contributed by atoms with Gasteiger partial charge in [0.2, 0.25) is 5.88 Å². The number of Topliss-reactive ketones (excluding diaryl/α,β-unsaturated/α-hetero) is 1. The lowest BCUT2D eigenvalue weighted by molar-refractivity contribution is 0.0871. The van der Waals surface area contributed by atoms with Crippen LogP contribution in [0.3, 0.4) is 0 Å². The fourth-order valence-electron chi connectivity index (χ4n) is 3.17. The molecule has 116 valence electrons. The van der Waals surface area contributed by atoms with Crippen molar-refractivity contribution in [2.24, 2.45) is 0 Å². The largest absolute Gasteiger partial charge is 0.493 e. The number of carbonyl (C=O) groups excluding carboxylic acids is 1. The normalized spacial score (nSPS) is 20.7. The molecule has 6 nitrogen and oxygen atoms in total. The van der Waals surface area contributed by atoms with Crippen LogP contribution in [0.1, 0.15) is 35.1 Å². The van der Waals surface area contributed by atoms with E-state index in [-0.39, 0.29) is 11.7 Å². The molecule has 3 aromatic rings. The third-order valence-electron chi connectivity index (χ3n) is 4.47. The first-order chi connectivity index (χ1) is 11.0. The molecule has 4 rings (SSSR count). The van der Waals surface area contributed by atoms with Gasteiger partial charge in [-0.25, -0.2) is 9.97 Å². The Hall–Kier alpha value is -2.47. The lowest BCUT2D eigenvalue weighted by atomic mass is 9.71. The van der Waals surface area contributed by atoms with Gasteiger partial charge in [-0.1, -0.05) is 11.6 Å². The van der Waals surface area contributed by atoms with E-state index in [0.717, 1.165) is 0 Å². The zero-order chi connectivity index (χ0) is 16.2. The average Bonchev–Trinajstić information content (AvgIpc) is 3.02. The van der Waals surface area contributed by atoms with Crippen molar-refractivity contribution in [2.75, 3.05) is 0 Å². The van der Waals surface area contributed by atoms with E-state index in [1.807, 2.05) is 6.92 Å². The second-order valence-electron chi connectivity index (χ2n) is 5.88. The topological polar surface area (TPSA) is 80.4 Å². The van der Waals surface area contributed by atoms with Crippen LogP contribution in [0.5, 0.6) is 5.88 Å². The molecular formula is C16H13ClN4O2. The monoisotopic (exact) mass is 328 g/mol. The fraction of sp³-hybridized carbons (Fsp3) is 0.250. The zero-order valence-corrected chi connectivity index (χ0v) is 13.1. The highest BCUT2D eigenvalue weighted by Crippen LogP contribution is 2.39. The maximum Gasteiger partial charge on any atom is 0.210 e. The number of aryl methyl sites for hydroxylation is 1. The van der Waals surface area contributed by atoms with Gasteiger partial charge in [-0.2, -0.15) is 0 Å². The summed E-state index contributed by atoms with van der Waals surface area (Å²) in [5.74, 6) is -0.133. The van der Waals surface area contributed by atoms with Crippen LogP contribution in [0.2, 0.25) is 5.15 Å². The molecule has 0 aromatic carbocycles. The number of imidazole rings is 1. The molecule has 1 atom stereocenters. The molecule has 1 aliphatic rings. The summed E-state index contributed by atoms with van der Waals surface area (Å²) in [5, 5.41) is 9.95. The molecule has 3 heterocycles. The number of ketones is 1. The predicted molar refractivity (Wildman–Crippen MR) is 83.9 cm³/mol. The molecule has 0 saturated heterocycles. The van der Waals surface area contributed by atoms with Crippen LogP contribution < -0.4 is 0 Å². The van der Waals surface area contributed by atoms with Crippen molar-refractivity contribution >= 4 is 23.0 Å². The smallest absolute Gasteiger partial charge is 0.210 e. The molecule has 0 bridgehead atoms. The number of halogens is 1. The van der Waals surface area contributed by atoms with Gasteiger partial charge in [0.05, 0.1) is 23.0 Å². The van der Waals surface area contributed by atoms with Crippen molar-refractivity contribution in [1.82, 2.24) is 19.4 Å². The summed E-state index contributed by atoms with van der Waals surface area (Å²) < 4.78 is 1.72. The Morgan fingerprint density at radius 3 is 3.00 bits per heavy atom. The number of aromatic nitrogens is 4. The van der Waals surface area contributed by atoms with E-state index in [0.29, 0.717) is 40.6 Å². The molecule has 3 aromatic heterocycles. The highest BCUT2D eigenvalue weighted by atomic mass is 35.5. The molecule has 0 radical (unpaired) electrons. The highest BCUT2D eigenvalue weighted by molar-refractivity contribution is 6.29. The van der Waals surface area contributed by atoms with Crippen molar-refractivity contribution in [2.45, 2.75) is 25.2 Å². The number of nitrogens with zero attached hydrogens (tertiary/aromatic N) is 4. The van der Waals surface area contributed by atoms with E-state index in [1.165, 1.54) is 12.3 Å². The van der Waals surface area contributed by atoms with Gasteiger partial charge in [0.25, 0.3) is 0 Å². The lowest BCUT2D eigenvalue weighted by Gasteiger charge is -2.32. The first-order valence-corrected chi connectivity index (χ1v) is 7.60. The van der Waals surface area contributed by atoms with E-state index in [2.05, 4.69) is 15.0 Å². The summed E-state index contributed by atoms with van der Waals surface area (Å²) in [4.78, 5) is 25.9. The van der Waals surface area contributed by atoms with Gasteiger partial charge < -0.3 is 5.11 Å². The SMILES string of the molecule is CC1(c2ncc(Cl)n3ccnc23)CCc2nc(O)ccc2C1=O. The molecular weight excluding hydrogens is 316 g/mol. The number of aromatic hydroxyl groups is 1. The molecule has 0 saturated carbocycles. The number of fused-ring (bicyclic) bond motifs is 2. The maximum absolute atomic E-state index is 13.1. The summed E-state index contributed by atoms with van der Waals surface area (Å²) in [6.45, 7) is 1.87. The molecule has 7 heteroatoms. The Morgan fingerprint density at radius 1 is 1.35 bits per heavy atom. The Bertz CT molecular complexity index is 952. The Morgan fingerprint density at radius 2 is 2.17 bits per heavy atom. The van der Waals surface area contributed by atoms with Gasteiger partial charge in [-0.05, 0) is 25.8 Å². The fourth-order valence-corrected chi connectivity index (χ4v) is 3.36. The second-order valence-corrected chi connectivity index (χ2v) is 6.26. The van der Waals surface area contributed by atoms with Gasteiger partial charge in [-0.15, -0.1) is 0 Å². The van der Waals surface area contributed by atoms with Crippen molar-refractivity contribution in [1.29, 1.82) is 0 Å². The molecule has 1 N–H and O–H groups in total. The molecule has 0 amide bonds. The number of rotatable bonds is 1. The predicted octanol–water partition coefficient (Wildman–Crippen LogP) is 2.57. The quantitative estimate of drug-likeness (QED) is 0.742. The van der Waals surface area contributed by atoms with Crippen LogP contribution in [0, 0.1) is 0 Å². The number of carbonyl (C=O) groups is 1. The lowest BCUT2D eigenvalue weighted by Crippen LogP contribution is -2.39. The third kappa shape index (κ3) is 1.95. The molecule has 0 aliphatic heterocycles. The van der Waals surface area contributed by atoms with Crippen molar-refractivity contribution < 1.29 is 9.90 Å². The van der Waals surface area contributed by atoms with E-state index >= 15 is 0 Å². The first kappa shape index (κ1) is 14.1. The number of hydrogen-bond acceptors (Lipinski definition) is 5. The summed E-state index contributed by atoms with van der Waals surface area (Å²) in [6.07, 6.45) is 6.05. The zero-order valence-electron chi connectivity index (χ0n) is 12.3. The van der Waals surface area contributed by atoms with Gasteiger partial charge in [-0.3, -0.25) is 14.2 Å². The van der Waals surface area contributed by atoms with Crippen LogP contribution in [0.15, 0.2) is 30.7 Å². The van der Waals surface area contributed by atoms with E-state index < -0.39 is 5.41 Å². The number of pyridine rings is 1. The summed E-state index contributed by atoms with van der Waals surface area (Å²) in [6, 6.07) is 3.05. The van der Waals surface area contributed by atoms with E-state index in [1.54, 1.807) is 22.9 Å². The van der Waals surface area contributed by atoms with Crippen LogP contribution >= 0.6 is 11.6 Å². The van der Waals surface area contributed by atoms with Gasteiger partial charge in [0.1, 0.15) is 5.15 Å². The van der Waals surface area contributed by atoms with Crippen molar-refractivity contribution in [3.05, 3.63) is 52.8 Å². The molecule has 0 spiro atoms. The van der Waals surface area contributed by atoms with Gasteiger partial charge in [0.15, 0.2) is 11.4 Å². The minimum absolute atomic E-state index is 0.0639. The van der Waals surface area contributed by atoms with Crippen LogP contribution in [0.25, 0.3) is 5.65 Å². The van der Waals surface area contributed by atoms with Crippen LogP contribution in [-0.4, -0.2) is 30.2 Å². The molecule has 0 fully saturated rings. The summed E-state index contributed by atoms with van der Waals surface area (Å²) in [7, 11) is 0. The van der Waals surface area contributed by atoms with Crippen molar-refractivity contribution in [3.63, 3.8) is 0 Å². The standard InChI is InChI=1S/C16H13ClN4O2/c1-16(13-15-18-6-7-21(15)11(17)8-19-13)5-4-10-9(14(16)23)2-3-12(22)20-10/h2-3,6-8H,4-5H2,1H3,(H,20,22). The first-order valence-electron chi connectivity index (χ1n) is 7.22. The number of hydrogen-bond donors (Lipinski definition) is 1. The van der Waals surface area contributed by atoms with Gasteiger partial charge in [0, 0.05) is 24.0 Å². The van der Waals surface area contributed by atoms with Crippen molar-refractivity contribution in [3.8, 4) is 5.88 Å². The molecule has 23 heavy (non-hydrogen) atoms. The van der Waals surface area contributed by atoms with Crippen LogP contribution in [-0.2, 0) is 11.8 Å². The summed E-state index contributed by atoms with van der Waals surface area (Å²) in [5.41, 5.74) is 1.54. The van der Waals surface area contributed by atoms with E-state index in [4.69, 9.17) is 11.6 Å². The average molecular weight is 329 g/mol. The van der Waals surface area contributed by atoms with Crippen LogP contribution in [0.4, 0.5) is 0 Å². The molecule has 1 unspecified atom stereocenters. The summed E-state index contributed by atoms with van der Waals surface area (Å²) >= 11 is 6.13. The second kappa shape index (κ2) is 4.76. The van der Waals surface area contributed by atoms with E-state index in [9.17, 15) is 9.90 Å². The maximum atomic E-state index is 13.1. The Kier molecular flexibility index (Phi) is 2.93. The Balaban J connectivity index is 1.91. The van der Waals surface area contributed by atoms with Gasteiger partial charge >= 0.3 is 0 Å². The minimum atomic E-state index is -0.803.